The van der Waals surface area contributed by atoms with Crippen molar-refractivity contribution in [1.29, 1.82) is 0 Å². The Kier molecular flexibility index (Phi) is 8.54. The van der Waals surface area contributed by atoms with E-state index in [9.17, 15) is 0 Å². The number of aliphatic hydroxyl groups excluding tert-OH is 1. The topological polar surface area (TPSA) is 45.6 Å². The Morgan fingerprint density at radius 1 is 1.17 bits per heavy atom. The van der Waals surface area contributed by atoms with Gasteiger partial charge < -0.3 is 14.7 Å². The molecule has 0 aliphatic carbocycles. The van der Waals surface area contributed by atoms with E-state index in [4.69, 9.17) is 38.0 Å². The second-order valence-corrected chi connectivity index (χ2v) is 8.97. The van der Waals surface area contributed by atoms with Crippen molar-refractivity contribution in [3.63, 3.8) is 0 Å². The van der Waals surface area contributed by atoms with Crippen LogP contribution in [0.25, 0.3) is 11.3 Å². The zero-order valence-electron chi connectivity index (χ0n) is 17.1. The molecule has 0 amide bonds. The van der Waals surface area contributed by atoms with Crippen LogP contribution < -0.4 is 4.90 Å². The van der Waals surface area contributed by atoms with E-state index in [2.05, 4.69) is 30.9 Å². The lowest BCUT2D eigenvalue weighted by Crippen LogP contribution is -2.33. The summed E-state index contributed by atoms with van der Waals surface area (Å²) in [5.41, 5.74) is 2.91. The predicted molar refractivity (Wildman–Crippen MR) is 127 cm³/mol. The van der Waals surface area contributed by atoms with E-state index >= 15 is 0 Å². The number of hydrogen-bond acceptors (Lipinski definition) is 5. The van der Waals surface area contributed by atoms with Crippen LogP contribution >= 0.6 is 34.5 Å². The predicted octanol–water partition coefficient (Wildman–Crippen LogP) is 6.39. The summed E-state index contributed by atoms with van der Waals surface area (Å²) in [6.45, 7) is 5.84. The minimum atomic E-state index is -0.00297. The largest absolute Gasteiger partial charge is 0.394 e. The summed E-state index contributed by atoms with van der Waals surface area (Å²) in [6.07, 6.45) is 0.971. The van der Waals surface area contributed by atoms with Gasteiger partial charge in [-0.15, -0.1) is 11.3 Å². The SMILES string of the molecule is CCCN(c1nc(-c2ccc(Cl)cc2Cl)c(C)s1)C(COCCO)c1ccccc1. The van der Waals surface area contributed by atoms with Crippen molar-refractivity contribution in [2.45, 2.75) is 26.3 Å². The molecule has 0 aliphatic rings. The summed E-state index contributed by atoms with van der Waals surface area (Å²) in [4.78, 5) is 8.36. The first kappa shape index (κ1) is 23.0. The Hall–Kier alpha value is -1.63. The van der Waals surface area contributed by atoms with Crippen molar-refractivity contribution >= 4 is 39.7 Å². The summed E-state index contributed by atoms with van der Waals surface area (Å²) in [5.74, 6) is 0. The average Bonchev–Trinajstić information content (AvgIpc) is 3.12. The van der Waals surface area contributed by atoms with Crippen LogP contribution in [-0.2, 0) is 4.74 Å². The van der Waals surface area contributed by atoms with Crippen LogP contribution in [0, 0.1) is 6.92 Å². The first-order chi connectivity index (χ1) is 14.5. The molecular weight excluding hydrogens is 439 g/mol. The molecule has 0 radical (unpaired) electrons. The van der Waals surface area contributed by atoms with Crippen LogP contribution in [0.1, 0.15) is 29.8 Å². The highest BCUT2D eigenvalue weighted by Crippen LogP contribution is 2.39. The highest BCUT2D eigenvalue weighted by molar-refractivity contribution is 7.16. The van der Waals surface area contributed by atoms with E-state index in [0.29, 0.717) is 23.3 Å². The molecule has 3 rings (SSSR count). The Morgan fingerprint density at radius 3 is 2.60 bits per heavy atom. The highest BCUT2D eigenvalue weighted by atomic mass is 35.5. The maximum absolute atomic E-state index is 9.15. The number of thiazole rings is 1. The smallest absolute Gasteiger partial charge is 0.186 e. The molecule has 160 valence electrons. The minimum Gasteiger partial charge on any atom is -0.394 e. The van der Waals surface area contributed by atoms with Gasteiger partial charge >= 0.3 is 0 Å². The van der Waals surface area contributed by atoms with Crippen molar-refractivity contribution in [3.05, 3.63) is 69.0 Å². The number of halogens is 2. The lowest BCUT2D eigenvalue weighted by Gasteiger charge is -2.31. The van der Waals surface area contributed by atoms with Crippen molar-refractivity contribution in [2.24, 2.45) is 0 Å². The van der Waals surface area contributed by atoms with Gasteiger partial charge in [0.15, 0.2) is 5.13 Å². The highest BCUT2D eigenvalue weighted by Gasteiger charge is 2.25. The molecule has 1 aromatic heterocycles. The van der Waals surface area contributed by atoms with Crippen LogP contribution in [0.5, 0.6) is 0 Å². The van der Waals surface area contributed by atoms with E-state index in [1.807, 2.05) is 30.3 Å². The van der Waals surface area contributed by atoms with Gasteiger partial charge in [0, 0.05) is 22.0 Å². The minimum absolute atomic E-state index is 0.00297. The zero-order chi connectivity index (χ0) is 21.5. The van der Waals surface area contributed by atoms with Crippen LogP contribution in [0.15, 0.2) is 48.5 Å². The van der Waals surface area contributed by atoms with Crippen molar-refractivity contribution in [2.75, 3.05) is 31.3 Å². The lowest BCUT2D eigenvalue weighted by molar-refractivity contribution is 0.0815. The molecule has 1 unspecified atom stereocenters. The first-order valence-electron chi connectivity index (χ1n) is 9.98. The molecule has 4 nitrogen and oxygen atoms in total. The summed E-state index contributed by atoms with van der Waals surface area (Å²) in [6, 6.07) is 15.8. The summed E-state index contributed by atoms with van der Waals surface area (Å²) >= 11 is 14.2. The molecule has 0 fully saturated rings. The molecule has 1 N–H and O–H groups in total. The van der Waals surface area contributed by atoms with Gasteiger partial charge in [0.05, 0.1) is 36.6 Å². The Morgan fingerprint density at radius 2 is 1.93 bits per heavy atom. The maximum atomic E-state index is 9.15. The van der Waals surface area contributed by atoms with Gasteiger partial charge in [0.2, 0.25) is 0 Å². The first-order valence-corrected chi connectivity index (χ1v) is 11.6. The van der Waals surface area contributed by atoms with Gasteiger partial charge in [-0.25, -0.2) is 4.98 Å². The molecule has 1 heterocycles. The third kappa shape index (κ3) is 5.54. The lowest BCUT2D eigenvalue weighted by atomic mass is 10.1. The summed E-state index contributed by atoms with van der Waals surface area (Å²) in [7, 11) is 0. The second kappa shape index (κ2) is 11.1. The number of hydrogen-bond donors (Lipinski definition) is 1. The molecule has 0 spiro atoms. The number of aromatic nitrogens is 1. The van der Waals surface area contributed by atoms with Gasteiger partial charge in [-0.3, -0.25) is 0 Å². The van der Waals surface area contributed by atoms with Crippen molar-refractivity contribution in [3.8, 4) is 11.3 Å². The summed E-state index contributed by atoms with van der Waals surface area (Å²) in [5, 5.41) is 11.3. The van der Waals surface area contributed by atoms with Gasteiger partial charge in [-0.05, 0) is 37.1 Å². The fourth-order valence-electron chi connectivity index (χ4n) is 3.36. The summed E-state index contributed by atoms with van der Waals surface area (Å²) < 4.78 is 5.75. The van der Waals surface area contributed by atoms with Crippen LogP contribution in [0.2, 0.25) is 10.0 Å². The molecule has 3 aromatic rings. The average molecular weight is 465 g/mol. The van der Waals surface area contributed by atoms with E-state index in [1.54, 1.807) is 17.4 Å². The van der Waals surface area contributed by atoms with Gasteiger partial charge in [0.25, 0.3) is 0 Å². The van der Waals surface area contributed by atoms with E-state index in [-0.39, 0.29) is 12.6 Å². The number of aryl methyl sites for hydroxylation is 1. The van der Waals surface area contributed by atoms with Crippen molar-refractivity contribution in [1.82, 2.24) is 4.98 Å². The van der Waals surface area contributed by atoms with Gasteiger partial charge in [-0.1, -0.05) is 60.5 Å². The normalized spacial score (nSPS) is 12.2. The molecule has 0 saturated carbocycles. The molecule has 0 aliphatic heterocycles. The van der Waals surface area contributed by atoms with Crippen LogP contribution in [0.3, 0.4) is 0 Å². The molecule has 30 heavy (non-hydrogen) atoms. The molecule has 7 heteroatoms. The van der Waals surface area contributed by atoms with Crippen LogP contribution in [-0.4, -0.2) is 36.5 Å². The Balaban J connectivity index is 1.99. The fourth-order valence-corrected chi connectivity index (χ4v) is 4.86. The number of nitrogens with zero attached hydrogens (tertiary/aromatic N) is 2. The quantitative estimate of drug-likeness (QED) is 0.353. The van der Waals surface area contributed by atoms with Gasteiger partial charge in [0.1, 0.15) is 0 Å². The van der Waals surface area contributed by atoms with E-state index < -0.39 is 0 Å². The number of benzene rings is 2. The van der Waals surface area contributed by atoms with Crippen molar-refractivity contribution < 1.29 is 9.84 Å². The molecule has 0 saturated heterocycles. The number of rotatable bonds is 10. The molecule has 2 aromatic carbocycles. The number of ether oxygens (including phenoxy) is 1. The van der Waals surface area contributed by atoms with E-state index in [0.717, 1.165) is 39.8 Å². The third-order valence-corrected chi connectivity index (χ3v) is 6.31. The van der Waals surface area contributed by atoms with Crippen LogP contribution in [0.4, 0.5) is 5.13 Å². The molecule has 0 bridgehead atoms. The Labute approximate surface area is 192 Å². The number of aliphatic hydroxyl groups is 1. The van der Waals surface area contributed by atoms with Gasteiger partial charge in [-0.2, -0.15) is 0 Å². The third-order valence-electron chi connectivity index (χ3n) is 4.75. The molecular formula is C23H26Cl2N2O2S. The Bertz CT molecular complexity index is 950. The maximum Gasteiger partial charge on any atom is 0.186 e. The zero-order valence-corrected chi connectivity index (χ0v) is 19.5. The second-order valence-electron chi connectivity index (χ2n) is 6.94. The fraction of sp³-hybridized carbons (Fsp3) is 0.348. The standard InChI is InChI=1S/C23H26Cl2N2O2S/c1-3-11-27(21(15-29-13-12-28)17-7-5-4-6-8-17)23-26-22(16(2)30-23)19-10-9-18(24)14-20(19)25/h4-10,14,21,28H,3,11-13,15H2,1-2H3. The number of anilines is 1. The van der Waals surface area contributed by atoms with E-state index in [1.165, 1.54) is 0 Å². The molecule has 1 atom stereocenters. The monoisotopic (exact) mass is 464 g/mol.